The van der Waals surface area contributed by atoms with Crippen LogP contribution >= 0.6 is 15.9 Å². The van der Waals surface area contributed by atoms with E-state index in [0.717, 1.165) is 28.5 Å². The number of nitrogens with zero attached hydrogens (tertiary/aromatic N) is 1. The number of benzene rings is 1. The van der Waals surface area contributed by atoms with Gasteiger partial charge in [0, 0.05) is 4.47 Å². The van der Waals surface area contributed by atoms with E-state index >= 15 is 0 Å². The van der Waals surface area contributed by atoms with Crippen LogP contribution < -0.4 is 0 Å². The number of unbranched alkanes of at least 4 members (excludes halogenated alkanes) is 1. The molecule has 2 heteroatoms. The van der Waals surface area contributed by atoms with E-state index in [9.17, 15) is 0 Å². The standard InChI is InChI=1S/C12H12BrN/c1-2-3-4-11(9-14)10-5-7-12(13)8-6-10/h4-8H,2-3H2,1H3/b11-4+. The predicted molar refractivity (Wildman–Crippen MR) is 62.6 cm³/mol. The number of allylic oxidation sites excluding steroid dienone is 2. The fourth-order valence-electron chi connectivity index (χ4n) is 1.15. The highest BCUT2D eigenvalue weighted by molar-refractivity contribution is 9.10. The predicted octanol–water partition coefficient (Wildman–Crippen LogP) is 4.16. The Balaban J connectivity index is 2.91. The number of nitriles is 1. The molecule has 0 aliphatic heterocycles. The Morgan fingerprint density at radius 3 is 2.57 bits per heavy atom. The molecule has 0 fully saturated rings. The fourth-order valence-corrected chi connectivity index (χ4v) is 1.41. The third-order valence-corrected chi connectivity index (χ3v) is 2.44. The minimum absolute atomic E-state index is 0.763. The number of rotatable bonds is 3. The average Bonchev–Trinajstić information content (AvgIpc) is 2.21. The van der Waals surface area contributed by atoms with Crippen LogP contribution in [0.4, 0.5) is 0 Å². The second kappa shape index (κ2) is 5.62. The average molecular weight is 250 g/mol. The molecular weight excluding hydrogens is 238 g/mol. The molecule has 0 aliphatic rings. The van der Waals surface area contributed by atoms with Crippen molar-refractivity contribution in [3.05, 3.63) is 40.4 Å². The maximum atomic E-state index is 8.95. The summed E-state index contributed by atoms with van der Waals surface area (Å²) in [5, 5.41) is 8.95. The summed E-state index contributed by atoms with van der Waals surface area (Å²) in [7, 11) is 0. The van der Waals surface area contributed by atoms with Gasteiger partial charge in [0.05, 0.1) is 11.6 Å². The van der Waals surface area contributed by atoms with Crippen molar-refractivity contribution in [1.82, 2.24) is 0 Å². The molecule has 0 saturated heterocycles. The maximum absolute atomic E-state index is 8.95. The third-order valence-electron chi connectivity index (χ3n) is 1.91. The minimum atomic E-state index is 0.763. The lowest BCUT2D eigenvalue weighted by molar-refractivity contribution is 0.960. The smallest absolute Gasteiger partial charge is 0.0994 e. The summed E-state index contributed by atoms with van der Waals surface area (Å²) < 4.78 is 1.04. The van der Waals surface area contributed by atoms with Crippen LogP contribution in [0, 0.1) is 11.3 Å². The molecule has 1 aromatic rings. The Morgan fingerprint density at radius 2 is 2.07 bits per heavy atom. The molecule has 72 valence electrons. The zero-order chi connectivity index (χ0) is 10.4. The molecular formula is C12H12BrN. The molecule has 0 spiro atoms. The van der Waals surface area contributed by atoms with Gasteiger partial charge in [-0.3, -0.25) is 0 Å². The summed E-state index contributed by atoms with van der Waals surface area (Å²) in [5.41, 5.74) is 1.75. The van der Waals surface area contributed by atoms with Crippen molar-refractivity contribution in [3.8, 4) is 6.07 Å². The van der Waals surface area contributed by atoms with Crippen LogP contribution in [0.2, 0.25) is 0 Å². The molecule has 0 aromatic heterocycles. The molecule has 0 heterocycles. The zero-order valence-corrected chi connectivity index (χ0v) is 9.71. The first kappa shape index (κ1) is 11.0. The van der Waals surface area contributed by atoms with Gasteiger partial charge in [-0.05, 0) is 24.1 Å². The van der Waals surface area contributed by atoms with Gasteiger partial charge >= 0.3 is 0 Å². The van der Waals surface area contributed by atoms with Gasteiger partial charge in [0.15, 0.2) is 0 Å². The first-order valence-corrected chi connectivity index (χ1v) is 5.43. The first-order valence-electron chi connectivity index (χ1n) is 4.64. The van der Waals surface area contributed by atoms with Crippen LogP contribution in [0.15, 0.2) is 34.8 Å². The molecule has 0 aliphatic carbocycles. The van der Waals surface area contributed by atoms with Crippen molar-refractivity contribution in [2.45, 2.75) is 19.8 Å². The highest BCUT2D eigenvalue weighted by atomic mass is 79.9. The van der Waals surface area contributed by atoms with E-state index in [2.05, 4.69) is 28.9 Å². The van der Waals surface area contributed by atoms with E-state index in [4.69, 9.17) is 5.26 Å². The van der Waals surface area contributed by atoms with Crippen LogP contribution in [-0.2, 0) is 0 Å². The van der Waals surface area contributed by atoms with Crippen molar-refractivity contribution in [3.63, 3.8) is 0 Å². The van der Waals surface area contributed by atoms with Crippen LogP contribution in [0.25, 0.3) is 5.57 Å². The molecule has 1 nitrogen and oxygen atoms in total. The van der Waals surface area contributed by atoms with Crippen molar-refractivity contribution in [1.29, 1.82) is 5.26 Å². The second-order valence-electron chi connectivity index (χ2n) is 3.03. The lowest BCUT2D eigenvalue weighted by Gasteiger charge is -1.98. The lowest BCUT2D eigenvalue weighted by Crippen LogP contribution is -1.80. The molecule has 0 unspecified atom stereocenters. The maximum Gasteiger partial charge on any atom is 0.0994 e. The third kappa shape index (κ3) is 3.01. The Morgan fingerprint density at radius 1 is 1.43 bits per heavy atom. The molecule has 0 atom stereocenters. The summed E-state index contributed by atoms with van der Waals surface area (Å²) >= 11 is 3.37. The van der Waals surface area contributed by atoms with Gasteiger partial charge in [0.25, 0.3) is 0 Å². The molecule has 0 radical (unpaired) electrons. The van der Waals surface area contributed by atoms with Gasteiger partial charge < -0.3 is 0 Å². The summed E-state index contributed by atoms with van der Waals surface area (Å²) in [6.45, 7) is 2.10. The van der Waals surface area contributed by atoms with Crippen molar-refractivity contribution >= 4 is 21.5 Å². The topological polar surface area (TPSA) is 23.8 Å². The van der Waals surface area contributed by atoms with Crippen molar-refractivity contribution in [2.24, 2.45) is 0 Å². The summed E-state index contributed by atoms with van der Waals surface area (Å²) in [6.07, 6.45) is 4.02. The van der Waals surface area contributed by atoms with Gasteiger partial charge in [-0.25, -0.2) is 0 Å². The monoisotopic (exact) mass is 249 g/mol. The Hall–Kier alpha value is -1.07. The van der Waals surface area contributed by atoms with Gasteiger partial charge in [0.1, 0.15) is 0 Å². The van der Waals surface area contributed by atoms with Crippen LogP contribution in [0.5, 0.6) is 0 Å². The summed E-state index contributed by atoms with van der Waals surface area (Å²) in [6, 6.07) is 10.0. The summed E-state index contributed by atoms with van der Waals surface area (Å²) in [4.78, 5) is 0. The molecule has 1 aromatic carbocycles. The molecule has 0 amide bonds. The molecule has 14 heavy (non-hydrogen) atoms. The minimum Gasteiger partial charge on any atom is -0.192 e. The van der Waals surface area contributed by atoms with E-state index in [1.807, 2.05) is 30.3 Å². The van der Waals surface area contributed by atoms with Crippen molar-refractivity contribution in [2.75, 3.05) is 0 Å². The van der Waals surface area contributed by atoms with Gasteiger partial charge in [-0.2, -0.15) is 5.26 Å². The molecule has 0 saturated carbocycles. The number of hydrogen-bond donors (Lipinski definition) is 0. The number of hydrogen-bond acceptors (Lipinski definition) is 1. The zero-order valence-electron chi connectivity index (χ0n) is 8.13. The van der Waals surface area contributed by atoms with E-state index in [-0.39, 0.29) is 0 Å². The van der Waals surface area contributed by atoms with Crippen LogP contribution in [0.3, 0.4) is 0 Å². The first-order chi connectivity index (χ1) is 6.77. The van der Waals surface area contributed by atoms with Gasteiger partial charge in [-0.1, -0.05) is 47.5 Å². The quantitative estimate of drug-likeness (QED) is 0.739. The SMILES string of the molecule is CCC/C=C(\C#N)c1ccc(Br)cc1. The lowest BCUT2D eigenvalue weighted by atomic mass is 10.1. The molecule has 0 bridgehead atoms. The Labute approximate surface area is 93.2 Å². The second-order valence-corrected chi connectivity index (χ2v) is 3.94. The van der Waals surface area contributed by atoms with E-state index in [1.165, 1.54) is 0 Å². The van der Waals surface area contributed by atoms with Crippen molar-refractivity contribution < 1.29 is 0 Å². The van der Waals surface area contributed by atoms with Crippen LogP contribution in [0.1, 0.15) is 25.3 Å². The van der Waals surface area contributed by atoms with Gasteiger partial charge in [-0.15, -0.1) is 0 Å². The van der Waals surface area contributed by atoms with Gasteiger partial charge in [0.2, 0.25) is 0 Å². The Bertz CT molecular complexity index is 357. The fraction of sp³-hybridized carbons (Fsp3) is 0.250. The normalized spacial score (nSPS) is 11.1. The molecule has 1 rings (SSSR count). The van der Waals surface area contributed by atoms with E-state index in [1.54, 1.807) is 0 Å². The summed E-state index contributed by atoms with van der Waals surface area (Å²) in [5.74, 6) is 0. The number of halogens is 1. The van der Waals surface area contributed by atoms with Crippen LogP contribution in [-0.4, -0.2) is 0 Å². The Kier molecular flexibility index (Phi) is 4.42. The highest BCUT2D eigenvalue weighted by Gasteiger charge is 1.98. The largest absolute Gasteiger partial charge is 0.192 e. The van der Waals surface area contributed by atoms with E-state index < -0.39 is 0 Å². The molecule has 0 N–H and O–H groups in total. The van der Waals surface area contributed by atoms with E-state index in [0.29, 0.717) is 0 Å². The highest BCUT2D eigenvalue weighted by Crippen LogP contribution is 2.18.